The van der Waals surface area contributed by atoms with Crippen LogP contribution in [0.25, 0.3) is 0 Å². The van der Waals surface area contributed by atoms with Crippen LogP contribution in [-0.4, -0.2) is 4.98 Å². The molecule has 1 aromatic heterocycles. The first kappa shape index (κ1) is 6.89. The molecule has 0 saturated heterocycles. The number of aryl methyl sites for hydroxylation is 1. The van der Waals surface area contributed by atoms with Crippen LogP contribution in [-0.2, 0) is 0 Å². The first-order valence-corrected chi connectivity index (χ1v) is 4.28. The SMILES string of the molecule is Cc1coc(C2CCCC2)n1. The number of hydrogen-bond acceptors (Lipinski definition) is 2. The monoisotopic (exact) mass is 151 g/mol. The van der Waals surface area contributed by atoms with Crippen LogP contribution in [0.3, 0.4) is 0 Å². The highest BCUT2D eigenvalue weighted by atomic mass is 16.3. The van der Waals surface area contributed by atoms with Gasteiger partial charge in [-0.3, -0.25) is 0 Å². The summed E-state index contributed by atoms with van der Waals surface area (Å²) in [5.41, 5.74) is 1.01. The zero-order valence-corrected chi connectivity index (χ0v) is 6.84. The Labute approximate surface area is 66.6 Å². The molecule has 1 aliphatic carbocycles. The van der Waals surface area contributed by atoms with Crippen molar-refractivity contribution in [1.82, 2.24) is 4.98 Å². The third-order valence-electron chi connectivity index (χ3n) is 2.34. The molecule has 0 amide bonds. The van der Waals surface area contributed by atoms with E-state index in [9.17, 15) is 0 Å². The maximum absolute atomic E-state index is 5.34. The minimum absolute atomic E-state index is 0.615. The fourth-order valence-corrected chi connectivity index (χ4v) is 1.73. The summed E-state index contributed by atoms with van der Waals surface area (Å²) in [4.78, 5) is 4.33. The lowest BCUT2D eigenvalue weighted by atomic mass is 10.1. The van der Waals surface area contributed by atoms with Crippen molar-refractivity contribution < 1.29 is 4.42 Å². The van der Waals surface area contributed by atoms with E-state index in [4.69, 9.17) is 4.42 Å². The van der Waals surface area contributed by atoms with E-state index in [1.165, 1.54) is 25.7 Å². The van der Waals surface area contributed by atoms with Gasteiger partial charge in [-0.25, -0.2) is 4.98 Å². The Kier molecular flexibility index (Phi) is 1.68. The average Bonchev–Trinajstić information content (AvgIpc) is 2.55. The van der Waals surface area contributed by atoms with Gasteiger partial charge in [0.25, 0.3) is 0 Å². The topological polar surface area (TPSA) is 26.0 Å². The predicted molar refractivity (Wildman–Crippen MR) is 42.4 cm³/mol. The second-order valence-corrected chi connectivity index (χ2v) is 3.31. The fourth-order valence-electron chi connectivity index (χ4n) is 1.73. The molecule has 1 saturated carbocycles. The molecule has 1 heterocycles. The molecule has 2 rings (SSSR count). The summed E-state index contributed by atoms with van der Waals surface area (Å²) < 4.78 is 5.34. The smallest absolute Gasteiger partial charge is 0.197 e. The lowest BCUT2D eigenvalue weighted by molar-refractivity contribution is 0.448. The van der Waals surface area contributed by atoms with E-state index in [1.54, 1.807) is 6.26 Å². The van der Waals surface area contributed by atoms with Gasteiger partial charge in [-0.2, -0.15) is 0 Å². The van der Waals surface area contributed by atoms with Crippen molar-refractivity contribution in [2.24, 2.45) is 0 Å². The molecule has 2 nitrogen and oxygen atoms in total. The molecule has 2 heteroatoms. The van der Waals surface area contributed by atoms with Gasteiger partial charge in [-0.1, -0.05) is 12.8 Å². The largest absolute Gasteiger partial charge is 0.448 e. The van der Waals surface area contributed by atoms with Gasteiger partial charge in [0, 0.05) is 5.92 Å². The van der Waals surface area contributed by atoms with Crippen molar-refractivity contribution in [3.63, 3.8) is 0 Å². The van der Waals surface area contributed by atoms with E-state index >= 15 is 0 Å². The molecule has 1 aromatic rings. The van der Waals surface area contributed by atoms with Gasteiger partial charge in [0.1, 0.15) is 6.26 Å². The van der Waals surface area contributed by atoms with Crippen molar-refractivity contribution in [1.29, 1.82) is 0 Å². The molecule has 11 heavy (non-hydrogen) atoms. The van der Waals surface area contributed by atoms with Crippen LogP contribution in [0.2, 0.25) is 0 Å². The van der Waals surface area contributed by atoms with Gasteiger partial charge in [-0.05, 0) is 19.8 Å². The van der Waals surface area contributed by atoms with Gasteiger partial charge in [0.05, 0.1) is 5.69 Å². The number of rotatable bonds is 1. The van der Waals surface area contributed by atoms with Gasteiger partial charge in [0.15, 0.2) is 5.89 Å². The van der Waals surface area contributed by atoms with Gasteiger partial charge >= 0.3 is 0 Å². The number of hydrogen-bond donors (Lipinski definition) is 0. The summed E-state index contributed by atoms with van der Waals surface area (Å²) in [7, 11) is 0. The molecule has 60 valence electrons. The minimum Gasteiger partial charge on any atom is -0.448 e. The molecule has 0 aromatic carbocycles. The molecule has 0 N–H and O–H groups in total. The van der Waals surface area contributed by atoms with Crippen LogP contribution < -0.4 is 0 Å². The first-order valence-electron chi connectivity index (χ1n) is 4.28. The maximum atomic E-state index is 5.34. The standard InChI is InChI=1S/C9H13NO/c1-7-6-11-9(10-7)8-4-2-3-5-8/h6,8H,2-5H2,1H3. The molecule has 0 aliphatic heterocycles. The van der Waals surface area contributed by atoms with E-state index in [0.29, 0.717) is 5.92 Å². The van der Waals surface area contributed by atoms with E-state index in [2.05, 4.69) is 4.98 Å². The summed E-state index contributed by atoms with van der Waals surface area (Å²) >= 11 is 0. The second-order valence-electron chi connectivity index (χ2n) is 3.31. The van der Waals surface area contributed by atoms with Crippen LogP contribution in [0.5, 0.6) is 0 Å². The zero-order chi connectivity index (χ0) is 7.68. The van der Waals surface area contributed by atoms with Crippen molar-refractivity contribution in [2.45, 2.75) is 38.5 Å². The fraction of sp³-hybridized carbons (Fsp3) is 0.667. The maximum Gasteiger partial charge on any atom is 0.197 e. The lowest BCUT2D eigenvalue weighted by Gasteiger charge is -2.00. The van der Waals surface area contributed by atoms with Crippen LogP contribution in [0.1, 0.15) is 43.2 Å². The van der Waals surface area contributed by atoms with Crippen LogP contribution in [0.15, 0.2) is 10.7 Å². The summed E-state index contributed by atoms with van der Waals surface area (Å²) in [5.74, 6) is 1.57. The molecule has 0 spiro atoms. The lowest BCUT2D eigenvalue weighted by Crippen LogP contribution is -1.91. The zero-order valence-electron chi connectivity index (χ0n) is 6.84. The highest BCUT2D eigenvalue weighted by molar-refractivity contribution is 5.00. The van der Waals surface area contributed by atoms with E-state index < -0.39 is 0 Å². The van der Waals surface area contributed by atoms with E-state index in [1.807, 2.05) is 6.92 Å². The third kappa shape index (κ3) is 1.30. The third-order valence-corrected chi connectivity index (χ3v) is 2.34. The van der Waals surface area contributed by atoms with Crippen LogP contribution >= 0.6 is 0 Å². The number of aromatic nitrogens is 1. The predicted octanol–water partition coefficient (Wildman–Crippen LogP) is 2.64. The highest BCUT2D eigenvalue weighted by Gasteiger charge is 2.20. The summed E-state index contributed by atoms with van der Waals surface area (Å²) in [6.07, 6.45) is 6.95. The Balaban J connectivity index is 2.15. The Morgan fingerprint density at radius 3 is 2.73 bits per heavy atom. The number of nitrogens with zero attached hydrogens (tertiary/aromatic N) is 1. The van der Waals surface area contributed by atoms with Crippen molar-refractivity contribution in [2.75, 3.05) is 0 Å². The first-order chi connectivity index (χ1) is 5.36. The van der Waals surface area contributed by atoms with E-state index in [-0.39, 0.29) is 0 Å². The minimum atomic E-state index is 0.615. The Morgan fingerprint density at radius 2 is 2.18 bits per heavy atom. The van der Waals surface area contributed by atoms with Crippen LogP contribution in [0.4, 0.5) is 0 Å². The molecular weight excluding hydrogens is 138 g/mol. The Bertz CT molecular complexity index is 235. The van der Waals surface area contributed by atoms with Gasteiger partial charge < -0.3 is 4.42 Å². The van der Waals surface area contributed by atoms with Gasteiger partial charge in [-0.15, -0.1) is 0 Å². The summed E-state index contributed by atoms with van der Waals surface area (Å²) in [6.45, 7) is 1.97. The Hall–Kier alpha value is -0.790. The Morgan fingerprint density at radius 1 is 1.45 bits per heavy atom. The van der Waals surface area contributed by atoms with Gasteiger partial charge in [0.2, 0.25) is 0 Å². The van der Waals surface area contributed by atoms with Crippen molar-refractivity contribution >= 4 is 0 Å². The quantitative estimate of drug-likeness (QED) is 0.616. The van der Waals surface area contributed by atoms with E-state index in [0.717, 1.165) is 11.6 Å². The normalized spacial score (nSPS) is 19.4. The van der Waals surface area contributed by atoms with Crippen molar-refractivity contribution in [3.05, 3.63) is 17.8 Å². The highest BCUT2D eigenvalue weighted by Crippen LogP contribution is 2.33. The van der Waals surface area contributed by atoms with Crippen LogP contribution in [0, 0.1) is 6.92 Å². The molecule has 1 fully saturated rings. The molecule has 1 aliphatic rings. The molecule has 0 unspecified atom stereocenters. The van der Waals surface area contributed by atoms with Crippen molar-refractivity contribution in [3.8, 4) is 0 Å². The molecule has 0 bridgehead atoms. The molecule has 0 radical (unpaired) electrons. The molecule has 0 atom stereocenters. The summed E-state index contributed by atoms with van der Waals surface area (Å²) in [6, 6.07) is 0. The average molecular weight is 151 g/mol. The number of oxazole rings is 1. The summed E-state index contributed by atoms with van der Waals surface area (Å²) in [5, 5.41) is 0. The molecular formula is C9H13NO. The second kappa shape index (κ2) is 2.68.